The van der Waals surface area contributed by atoms with Crippen LogP contribution in [0.3, 0.4) is 0 Å². The molecule has 0 bridgehead atoms. The number of nitrogens with one attached hydrogen (secondary N) is 2. The summed E-state index contributed by atoms with van der Waals surface area (Å²) in [6.45, 7) is 12.9. The maximum absolute atomic E-state index is 12.8. The summed E-state index contributed by atoms with van der Waals surface area (Å²) in [7, 11) is 0. The van der Waals surface area contributed by atoms with Crippen LogP contribution in [0.5, 0.6) is 0 Å². The number of ether oxygens (including phenoxy) is 1. The van der Waals surface area contributed by atoms with E-state index in [0.29, 0.717) is 29.6 Å². The minimum absolute atomic E-state index is 0.226. The van der Waals surface area contributed by atoms with Crippen LogP contribution in [0, 0.1) is 0 Å². The Balaban J connectivity index is 1.61. The van der Waals surface area contributed by atoms with E-state index in [2.05, 4.69) is 37.5 Å². The second-order valence-electron chi connectivity index (χ2n) is 11.3. The highest BCUT2D eigenvalue weighted by Gasteiger charge is 2.27. The van der Waals surface area contributed by atoms with Gasteiger partial charge in [-0.25, -0.2) is 14.3 Å². The number of carbonyl (C=O) groups is 2. The van der Waals surface area contributed by atoms with Crippen molar-refractivity contribution in [2.75, 3.05) is 17.2 Å². The quantitative estimate of drug-likeness (QED) is 0.397. The summed E-state index contributed by atoms with van der Waals surface area (Å²) >= 11 is 5.95. The molecule has 8 nitrogen and oxygen atoms in total. The van der Waals surface area contributed by atoms with E-state index in [9.17, 15) is 9.59 Å². The van der Waals surface area contributed by atoms with Gasteiger partial charge in [0.2, 0.25) is 0 Å². The first-order chi connectivity index (χ1) is 17.3. The number of rotatable bonds is 3. The summed E-state index contributed by atoms with van der Waals surface area (Å²) in [4.78, 5) is 27.2. The molecule has 0 fully saturated rings. The van der Waals surface area contributed by atoms with Gasteiger partial charge in [0.05, 0.1) is 11.4 Å². The summed E-state index contributed by atoms with van der Waals surface area (Å²) in [6.07, 6.45) is 0.425. The summed E-state index contributed by atoms with van der Waals surface area (Å²) in [5, 5.41) is 11.2. The first-order valence-electron chi connectivity index (χ1n) is 12.3. The number of hydrogen-bond acceptors (Lipinski definition) is 4. The number of hydrogen-bond donors (Lipinski definition) is 2. The van der Waals surface area contributed by atoms with Crippen molar-refractivity contribution in [3.63, 3.8) is 0 Å². The number of carbonyl (C=O) groups excluding carboxylic acids is 2. The average molecular weight is 524 g/mol. The molecule has 3 aromatic rings. The third-order valence-electron chi connectivity index (χ3n) is 5.92. The Morgan fingerprint density at radius 3 is 2.30 bits per heavy atom. The largest absolute Gasteiger partial charge is 0.444 e. The van der Waals surface area contributed by atoms with Gasteiger partial charge >= 0.3 is 12.1 Å². The molecule has 2 heterocycles. The van der Waals surface area contributed by atoms with E-state index >= 15 is 0 Å². The van der Waals surface area contributed by atoms with E-state index in [1.165, 1.54) is 5.56 Å². The van der Waals surface area contributed by atoms with Crippen molar-refractivity contribution in [1.29, 1.82) is 0 Å². The van der Waals surface area contributed by atoms with Crippen molar-refractivity contribution >= 4 is 35.2 Å². The standard InChI is InChI=1S/C28H34ClN5O3/c1-27(2,3)23-16-24(31-25(35)30-21-10-8-20(29)9-11-21)34(32-23)22-12-7-18-13-14-33(17-19(18)15-22)26(36)37-28(4,5)6/h7-12,15-16H,13-14,17H2,1-6H3,(H2,30,31,35). The van der Waals surface area contributed by atoms with Crippen molar-refractivity contribution in [2.24, 2.45) is 0 Å². The molecule has 0 spiro atoms. The summed E-state index contributed by atoms with van der Waals surface area (Å²) < 4.78 is 7.30. The van der Waals surface area contributed by atoms with Gasteiger partial charge in [-0.1, -0.05) is 38.4 Å². The molecule has 196 valence electrons. The number of benzene rings is 2. The van der Waals surface area contributed by atoms with Crippen molar-refractivity contribution < 1.29 is 14.3 Å². The molecule has 2 N–H and O–H groups in total. The molecule has 3 amide bonds. The molecule has 4 rings (SSSR count). The van der Waals surface area contributed by atoms with Gasteiger partial charge in [0, 0.05) is 35.3 Å². The number of amides is 3. The summed E-state index contributed by atoms with van der Waals surface area (Å²) in [5.74, 6) is 0.538. The number of urea groups is 1. The Kier molecular flexibility index (Phi) is 7.24. The molecular weight excluding hydrogens is 490 g/mol. The van der Waals surface area contributed by atoms with Gasteiger partial charge in [-0.3, -0.25) is 5.32 Å². The molecule has 0 saturated carbocycles. The minimum Gasteiger partial charge on any atom is -0.444 e. The van der Waals surface area contributed by atoms with E-state index in [1.807, 2.05) is 39.0 Å². The zero-order valence-electron chi connectivity index (χ0n) is 22.2. The molecule has 0 saturated heterocycles. The first-order valence-corrected chi connectivity index (χ1v) is 12.7. The molecule has 1 aromatic heterocycles. The third-order valence-corrected chi connectivity index (χ3v) is 6.17. The van der Waals surface area contributed by atoms with Gasteiger partial charge in [-0.05, 0) is 74.7 Å². The fraction of sp³-hybridized carbons (Fsp3) is 0.393. The van der Waals surface area contributed by atoms with Crippen LogP contribution in [-0.2, 0) is 23.1 Å². The highest BCUT2D eigenvalue weighted by atomic mass is 35.5. The lowest BCUT2D eigenvalue weighted by atomic mass is 9.92. The first kappa shape index (κ1) is 26.5. The van der Waals surface area contributed by atoms with E-state index in [-0.39, 0.29) is 11.5 Å². The lowest BCUT2D eigenvalue weighted by Crippen LogP contribution is -2.39. The molecule has 0 radical (unpaired) electrons. The van der Waals surface area contributed by atoms with E-state index < -0.39 is 11.6 Å². The number of fused-ring (bicyclic) bond motifs is 1. The topological polar surface area (TPSA) is 88.5 Å². The third kappa shape index (κ3) is 6.63. The van der Waals surface area contributed by atoms with Gasteiger partial charge in [0.15, 0.2) is 0 Å². The summed E-state index contributed by atoms with van der Waals surface area (Å²) in [5.41, 5.74) is 3.69. The van der Waals surface area contributed by atoms with Crippen LogP contribution in [0.15, 0.2) is 48.5 Å². The molecule has 9 heteroatoms. The van der Waals surface area contributed by atoms with Crippen LogP contribution in [-0.4, -0.2) is 39.0 Å². The Hall–Kier alpha value is -3.52. The van der Waals surface area contributed by atoms with E-state index in [4.69, 9.17) is 21.4 Å². The fourth-order valence-electron chi connectivity index (χ4n) is 4.00. The van der Waals surface area contributed by atoms with Gasteiger partial charge in [0.1, 0.15) is 11.4 Å². The zero-order valence-corrected chi connectivity index (χ0v) is 22.9. The SMILES string of the molecule is CC(C)(C)OC(=O)N1CCc2ccc(-n3nc(C(C)(C)C)cc3NC(=O)Nc3ccc(Cl)cc3)cc2C1. The van der Waals surface area contributed by atoms with Crippen LogP contribution in [0.4, 0.5) is 21.1 Å². The number of anilines is 2. The lowest BCUT2D eigenvalue weighted by molar-refractivity contribution is 0.0224. The zero-order chi connectivity index (χ0) is 27.0. The molecule has 0 unspecified atom stereocenters. The summed E-state index contributed by atoms with van der Waals surface area (Å²) in [6, 6.07) is 14.5. The van der Waals surface area contributed by atoms with Crippen LogP contribution >= 0.6 is 11.6 Å². The van der Waals surface area contributed by atoms with Gasteiger partial charge in [0.25, 0.3) is 0 Å². The molecule has 37 heavy (non-hydrogen) atoms. The molecule has 0 atom stereocenters. The molecule has 1 aliphatic heterocycles. The normalized spacial score (nSPS) is 13.6. The molecule has 0 aliphatic carbocycles. The Labute approximate surface area is 222 Å². The van der Waals surface area contributed by atoms with E-state index in [0.717, 1.165) is 23.4 Å². The number of aromatic nitrogens is 2. The Morgan fingerprint density at radius 2 is 1.65 bits per heavy atom. The lowest BCUT2D eigenvalue weighted by Gasteiger charge is -2.31. The van der Waals surface area contributed by atoms with Gasteiger partial charge < -0.3 is 15.0 Å². The molecule has 2 aromatic carbocycles. The van der Waals surface area contributed by atoms with Gasteiger partial charge in [-0.15, -0.1) is 0 Å². The van der Waals surface area contributed by atoms with Crippen LogP contribution in [0.1, 0.15) is 58.4 Å². The smallest absolute Gasteiger partial charge is 0.410 e. The second kappa shape index (κ2) is 10.1. The molecule has 1 aliphatic rings. The van der Waals surface area contributed by atoms with Crippen LogP contribution < -0.4 is 10.6 Å². The Morgan fingerprint density at radius 1 is 0.946 bits per heavy atom. The van der Waals surface area contributed by atoms with Crippen molar-refractivity contribution in [1.82, 2.24) is 14.7 Å². The monoisotopic (exact) mass is 523 g/mol. The van der Waals surface area contributed by atoms with Crippen molar-refractivity contribution in [3.8, 4) is 5.69 Å². The molecular formula is C28H34ClN5O3. The van der Waals surface area contributed by atoms with Crippen LogP contribution in [0.25, 0.3) is 5.69 Å². The predicted molar refractivity (Wildman–Crippen MR) is 147 cm³/mol. The Bertz CT molecular complexity index is 1300. The maximum Gasteiger partial charge on any atom is 0.410 e. The average Bonchev–Trinajstić information content (AvgIpc) is 3.23. The highest BCUT2D eigenvalue weighted by molar-refractivity contribution is 6.30. The van der Waals surface area contributed by atoms with Crippen LogP contribution in [0.2, 0.25) is 5.02 Å². The van der Waals surface area contributed by atoms with Gasteiger partial charge in [-0.2, -0.15) is 5.10 Å². The predicted octanol–water partition coefficient (Wildman–Crippen LogP) is 6.76. The second-order valence-corrected chi connectivity index (χ2v) is 11.7. The van der Waals surface area contributed by atoms with Crippen molar-refractivity contribution in [3.05, 3.63) is 70.4 Å². The van der Waals surface area contributed by atoms with Crippen molar-refractivity contribution in [2.45, 2.75) is 65.5 Å². The number of nitrogens with zero attached hydrogens (tertiary/aromatic N) is 3. The number of halogens is 1. The highest BCUT2D eigenvalue weighted by Crippen LogP contribution is 2.29. The minimum atomic E-state index is -0.551. The van der Waals surface area contributed by atoms with E-state index in [1.54, 1.807) is 33.8 Å². The fourth-order valence-corrected chi connectivity index (χ4v) is 4.13. The maximum atomic E-state index is 12.8.